The Bertz CT molecular complexity index is 296. The highest BCUT2D eigenvalue weighted by molar-refractivity contribution is 5.78. The van der Waals surface area contributed by atoms with Crippen LogP contribution in [0.2, 0.25) is 0 Å². The van der Waals surface area contributed by atoms with Gasteiger partial charge in [0.25, 0.3) is 0 Å². The number of rotatable bonds is 3. The third-order valence-corrected chi connectivity index (χ3v) is 2.32. The molecule has 0 radical (unpaired) electrons. The van der Waals surface area contributed by atoms with Crippen LogP contribution in [0.4, 0.5) is 0 Å². The molecule has 1 N–H and O–H groups in total. The quantitative estimate of drug-likeness (QED) is 0.693. The average Bonchev–Trinajstić information content (AvgIpc) is 2.67. The summed E-state index contributed by atoms with van der Waals surface area (Å²) in [4.78, 5) is 13.2. The Balaban J connectivity index is 1.77. The van der Waals surface area contributed by atoms with E-state index in [2.05, 4.69) is 15.3 Å². The summed E-state index contributed by atoms with van der Waals surface area (Å²) in [5.41, 5.74) is 0. The van der Waals surface area contributed by atoms with Gasteiger partial charge in [-0.2, -0.15) is 5.10 Å². The fraction of sp³-hybridized carbons (Fsp3) is 0.556. The Morgan fingerprint density at radius 2 is 2.43 bits per heavy atom. The average molecular weight is 194 g/mol. The number of carbonyl (C=O) groups is 1. The predicted octanol–water partition coefficient (Wildman–Crippen LogP) is -0.685. The molecule has 0 aromatic carbocycles. The SMILES string of the molecule is O=C1CN(CCn2cccn2)CCN1. The molecule has 1 aromatic rings. The number of aromatic nitrogens is 2. The lowest BCUT2D eigenvalue weighted by Crippen LogP contribution is -2.48. The van der Waals surface area contributed by atoms with Gasteiger partial charge in [-0.3, -0.25) is 14.4 Å². The van der Waals surface area contributed by atoms with Crippen LogP contribution in [0.15, 0.2) is 18.5 Å². The Labute approximate surface area is 82.7 Å². The smallest absolute Gasteiger partial charge is 0.234 e. The fourth-order valence-electron chi connectivity index (χ4n) is 1.56. The zero-order valence-electron chi connectivity index (χ0n) is 8.02. The number of hydrogen-bond acceptors (Lipinski definition) is 3. The van der Waals surface area contributed by atoms with Gasteiger partial charge in [0.1, 0.15) is 0 Å². The minimum atomic E-state index is 0.122. The topological polar surface area (TPSA) is 50.2 Å². The van der Waals surface area contributed by atoms with Crippen molar-refractivity contribution in [2.24, 2.45) is 0 Å². The molecule has 0 aliphatic carbocycles. The molecule has 14 heavy (non-hydrogen) atoms. The van der Waals surface area contributed by atoms with E-state index in [1.807, 2.05) is 16.9 Å². The molecule has 1 aliphatic rings. The molecule has 5 nitrogen and oxygen atoms in total. The summed E-state index contributed by atoms with van der Waals surface area (Å²) in [6.45, 7) is 3.95. The van der Waals surface area contributed by atoms with Crippen molar-refractivity contribution in [3.8, 4) is 0 Å². The standard InChI is InChI=1S/C9H14N4O/c14-9-8-12(5-3-10-9)6-7-13-4-1-2-11-13/h1-2,4H,3,5-8H2,(H,10,14). The third-order valence-electron chi connectivity index (χ3n) is 2.32. The van der Waals surface area contributed by atoms with E-state index < -0.39 is 0 Å². The van der Waals surface area contributed by atoms with Crippen LogP contribution in [0.3, 0.4) is 0 Å². The molecule has 1 amide bonds. The highest BCUT2D eigenvalue weighted by atomic mass is 16.2. The molecule has 0 saturated carbocycles. The number of piperazine rings is 1. The highest BCUT2D eigenvalue weighted by Crippen LogP contribution is 1.94. The maximum atomic E-state index is 11.1. The summed E-state index contributed by atoms with van der Waals surface area (Å²) in [5.74, 6) is 0.122. The third kappa shape index (κ3) is 2.32. The molecule has 1 fully saturated rings. The van der Waals surface area contributed by atoms with Crippen molar-refractivity contribution in [3.63, 3.8) is 0 Å². The summed E-state index contributed by atoms with van der Waals surface area (Å²) in [5, 5.41) is 6.91. The highest BCUT2D eigenvalue weighted by Gasteiger charge is 2.15. The summed E-state index contributed by atoms with van der Waals surface area (Å²) in [6.07, 6.45) is 3.70. The van der Waals surface area contributed by atoms with Crippen LogP contribution < -0.4 is 5.32 Å². The lowest BCUT2D eigenvalue weighted by Gasteiger charge is -2.26. The fourth-order valence-corrected chi connectivity index (χ4v) is 1.56. The van der Waals surface area contributed by atoms with Crippen LogP contribution in [0.1, 0.15) is 0 Å². The molecule has 1 aromatic heterocycles. The molecule has 2 heterocycles. The summed E-state index contributed by atoms with van der Waals surface area (Å²) >= 11 is 0. The molecule has 0 unspecified atom stereocenters. The number of carbonyl (C=O) groups excluding carboxylic acids is 1. The number of hydrogen-bond donors (Lipinski definition) is 1. The largest absolute Gasteiger partial charge is 0.354 e. The first-order chi connectivity index (χ1) is 6.84. The van der Waals surface area contributed by atoms with E-state index in [4.69, 9.17) is 0 Å². The van der Waals surface area contributed by atoms with Gasteiger partial charge in [-0.1, -0.05) is 0 Å². The molecule has 0 atom stereocenters. The zero-order chi connectivity index (χ0) is 9.80. The van der Waals surface area contributed by atoms with Crippen molar-refractivity contribution < 1.29 is 4.79 Å². The lowest BCUT2D eigenvalue weighted by atomic mass is 10.3. The van der Waals surface area contributed by atoms with Crippen molar-refractivity contribution in [2.75, 3.05) is 26.2 Å². The maximum Gasteiger partial charge on any atom is 0.234 e. The van der Waals surface area contributed by atoms with Gasteiger partial charge < -0.3 is 5.32 Å². The van der Waals surface area contributed by atoms with E-state index in [9.17, 15) is 4.79 Å². The van der Waals surface area contributed by atoms with E-state index in [1.165, 1.54) is 0 Å². The van der Waals surface area contributed by atoms with Crippen LogP contribution in [-0.2, 0) is 11.3 Å². The predicted molar refractivity (Wildman–Crippen MR) is 51.7 cm³/mol. The normalized spacial score (nSPS) is 18.1. The molecule has 2 rings (SSSR count). The summed E-state index contributed by atoms with van der Waals surface area (Å²) in [6, 6.07) is 1.91. The van der Waals surface area contributed by atoms with Gasteiger partial charge in [0.15, 0.2) is 0 Å². The van der Waals surface area contributed by atoms with Gasteiger partial charge in [-0.25, -0.2) is 0 Å². The molecule has 0 spiro atoms. The van der Waals surface area contributed by atoms with Gasteiger partial charge in [0.2, 0.25) is 5.91 Å². The molecule has 1 aliphatic heterocycles. The number of nitrogens with zero attached hydrogens (tertiary/aromatic N) is 3. The van der Waals surface area contributed by atoms with Gasteiger partial charge >= 0.3 is 0 Å². The van der Waals surface area contributed by atoms with Gasteiger partial charge in [0, 0.05) is 32.0 Å². The van der Waals surface area contributed by atoms with E-state index >= 15 is 0 Å². The van der Waals surface area contributed by atoms with E-state index in [1.54, 1.807) is 6.20 Å². The summed E-state index contributed by atoms with van der Waals surface area (Å²) < 4.78 is 1.88. The Hall–Kier alpha value is -1.36. The second-order valence-corrected chi connectivity index (χ2v) is 3.40. The Kier molecular flexibility index (Phi) is 2.78. The monoisotopic (exact) mass is 194 g/mol. The minimum Gasteiger partial charge on any atom is -0.354 e. The lowest BCUT2D eigenvalue weighted by molar-refractivity contribution is -0.124. The second kappa shape index (κ2) is 4.23. The molecular weight excluding hydrogens is 180 g/mol. The first-order valence-corrected chi connectivity index (χ1v) is 4.81. The Morgan fingerprint density at radius 3 is 3.14 bits per heavy atom. The van der Waals surface area contributed by atoms with Crippen LogP contribution in [0, 0.1) is 0 Å². The van der Waals surface area contributed by atoms with Crippen molar-refractivity contribution in [1.29, 1.82) is 0 Å². The second-order valence-electron chi connectivity index (χ2n) is 3.40. The zero-order valence-corrected chi connectivity index (χ0v) is 8.02. The molecule has 5 heteroatoms. The van der Waals surface area contributed by atoms with E-state index in [0.29, 0.717) is 6.54 Å². The molecular formula is C9H14N4O. The van der Waals surface area contributed by atoms with Crippen molar-refractivity contribution in [3.05, 3.63) is 18.5 Å². The first kappa shape index (κ1) is 9.21. The van der Waals surface area contributed by atoms with Crippen molar-refractivity contribution in [2.45, 2.75) is 6.54 Å². The van der Waals surface area contributed by atoms with Crippen molar-refractivity contribution >= 4 is 5.91 Å². The minimum absolute atomic E-state index is 0.122. The van der Waals surface area contributed by atoms with Crippen LogP contribution in [-0.4, -0.2) is 46.8 Å². The van der Waals surface area contributed by atoms with Gasteiger partial charge in [-0.15, -0.1) is 0 Å². The van der Waals surface area contributed by atoms with Crippen LogP contribution in [0.25, 0.3) is 0 Å². The van der Waals surface area contributed by atoms with Crippen LogP contribution in [0.5, 0.6) is 0 Å². The van der Waals surface area contributed by atoms with E-state index in [0.717, 1.165) is 26.2 Å². The summed E-state index contributed by atoms with van der Waals surface area (Å²) in [7, 11) is 0. The van der Waals surface area contributed by atoms with Gasteiger partial charge in [0.05, 0.1) is 13.1 Å². The molecule has 76 valence electrons. The maximum absolute atomic E-state index is 11.1. The first-order valence-electron chi connectivity index (χ1n) is 4.81. The molecule has 1 saturated heterocycles. The molecule has 0 bridgehead atoms. The van der Waals surface area contributed by atoms with E-state index in [-0.39, 0.29) is 5.91 Å². The van der Waals surface area contributed by atoms with Crippen LogP contribution >= 0.6 is 0 Å². The Morgan fingerprint density at radius 1 is 1.50 bits per heavy atom. The van der Waals surface area contributed by atoms with Crippen molar-refractivity contribution in [1.82, 2.24) is 20.0 Å². The van der Waals surface area contributed by atoms with Gasteiger partial charge in [-0.05, 0) is 6.07 Å². The number of nitrogens with one attached hydrogen (secondary N) is 1. The number of amides is 1.